The van der Waals surface area contributed by atoms with Gasteiger partial charge in [0.15, 0.2) is 0 Å². The van der Waals surface area contributed by atoms with E-state index < -0.39 is 23.3 Å². The molecule has 1 aromatic rings. The molecule has 33 heavy (non-hydrogen) atoms. The molecule has 4 rings (SSSR count). The van der Waals surface area contributed by atoms with E-state index in [0.29, 0.717) is 51.5 Å². The summed E-state index contributed by atoms with van der Waals surface area (Å²) >= 11 is 0. The summed E-state index contributed by atoms with van der Waals surface area (Å²) in [6.07, 6.45) is -1.41. The summed E-state index contributed by atoms with van der Waals surface area (Å²) in [5, 5.41) is 2.83. The predicted octanol–water partition coefficient (Wildman–Crippen LogP) is 2.85. The van der Waals surface area contributed by atoms with Gasteiger partial charge in [0.25, 0.3) is 5.91 Å². The van der Waals surface area contributed by atoms with Gasteiger partial charge < -0.3 is 10.2 Å². The van der Waals surface area contributed by atoms with E-state index in [1.807, 2.05) is 0 Å². The number of nitrogens with one attached hydrogen (secondary N) is 1. The van der Waals surface area contributed by atoms with Crippen LogP contribution < -0.4 is 5.32 Å². The summed E-state index contributed by atoms with van der Waals surface area (Å²) in [7, 11) is 0. The van der Waals surface area contributed by atoms with Crippen LogP contribution in [0.25, 0.3) is 0 Å². The normalized spacial score (nSPS) is 26.7. The van der Waals surface area contributed by atoms with Crippen LogP contribution in [0.1, 0.15) is 43.7 Å². The third kappa shape index (κ3) is 5.00. The number of rotatable bonds is 4. The quantitative estimate of drug-likeness (QED) is 0.693. The molecule has 0 aromatic heterocycles. The molecule has 4 amide bonds. The van der Waals surface area contributed by atoms with Crippen LogP contribution >= 0.6 is 0 Å². The van der Waals surface area contributed by atoms with E-state index in [9.17, 15) is 27.6 Å². The van der Waals surface area contributed by atoms with Gasteiger partial charge in [-0.05, 0) is 49.3 Å². The maximum atomic E-state index is 13.0. The summed E-state index contributed by atoms with van der Waals surface area (Å²) in [6, 6.07) is 4.60. The zero-order valence-electron chi connectivity index (χ0n) is 18.7. The smallest absolute Gasteiger partial charge is 0.339 e. The number of urea groups is 1. The highest BCUT2D eigenvalue weighted by atomic mass is 19.4. The second-order valence-corrected chi connectivity index (χ2v) is 9.44. The molecule has 0 atom stereocenters. The maximum Gasteiger partial charge on any atom is 0.416 e. The molecule has 3 fully saturated rings. The summed E-state index contributed by atoms with van der Waals surface area (Å²) in [5.74, 6) is -0.0440. The van der Waals surface area contributed by atoms with Crippen LogP contribution in [0.2, 0.25) is 0 Å². The van der Waals surface area contributed by atoms with Crippen molar-refractivity contribution in [3.05, 3.63) is 35.4 Å². The zero-order chi connectivity index (χ0) is 23.8. The molecule has 2 aliphatic heterocycles. The Morgan fingerprint density at radius 1 is 1.06 bits per heavy atom. The molecule has 2 heterocycles. The van der Waals surface area contributed by atoms with Crippen molar-refractivity contribution in [2.24, 2.45) is 5.92 Å². The van der Waals surface area contributed by atoms with Gasteiger partial charge in [0.2, 0.25) is 5.91 Å². The SMILES string of the molecule is CC1CCC2(CC1)NC(=O)N(CC(=O)N1CCN(Cc3ccc(C(F)(F)F)cc3)CC1)C2=O. The third-order valence-electron chi connectivity index (χ3n) is 7.08. The van der Waals surface area contributed by atoms with Crippen LogP contribution in [0.4, 0.5) is 18.0 Å². The van der Waals surface area contributed by atoms with Crippen LogP contribution in [-0.2, 0) is 22.3 Å². The van der Waals surface area contributed by atoms with Gasteiger partial charge in [-0.15, -0.1) is 0 Å². The molecule has 180 valence electrons. The van der Waals surface area contributed by atoms with Crippen molar-refractivity contribution in [1.82, 2.24) is 20.0 Å². The van der Waals surface area contributed by atoms with E-state index in [4.69, 9.17) is 0 Å². The van der Waals surface area contributed by atoms with Crippen LogP contribution in [0.3, 0.4) is 0 Å². The molecule has 0 radical (unpaired) electrons. The van der Waals surface area contributed by atoms with Crippen molar-refractivity contribution in [3.8, 4) is 0 Å². The largest absolute Gasteiger partial charge is 0.416 e. The number of piperazine rings is 1. The highest BCUT2D eigenvalue weighted by Gasteiger charge is 2.52. The third-order valence-corrected chi connectivity index (χ3v) is 7.08. The molecule has 1 aliphatic carbocycles. The lowest BCUT2D eigenvalue weighted by molar-refractivity contribution is -0.140. The van der Waals surface area contributed by atoms with Crippen molar-refractivity contribution in [3.63, 3.8) is 0 Å². The highest BCUT2D eigenvalue weighted by Crippen LogP contribution is 2.36. The molecule has 1 spiro atoms. The first-order valence-electron chi connectivity index (χ1n) is 11.4. The monoisotopic (exact) mass is 466 g/mol. The number of halogens is 3. The van der Waals surface area contributed by atoms with Gasteiger partial charge >= 0.3 is 12.2 Å². The van der Waals surface area contributed by atoms with Crippen LogP contribution in [0, 0.1) is 5.92 Å². The molecule has 3 aliphatic rings. The summed E-state index contributed by atoms with van der Waals surface area (Å²) < 4.78 is 38.1. The van der Waals surface area contributed by atoms with Crippen LogP contribution in [0.5, 0.6) is 0 Å². The van der Waals surface area contributed by atoms with Crippen molar-refractivity contribution in [2.75, 3.05) is 32.7 Å². The average molecular weight is 467 g/mol. The van der Waals surface area contributed by atoms with Crippen molar-refractivity contribution in [2.45, 2.75) is 50.9 Å². The first-order valence-corrected chi connectivity index (χ1v) is 11.4. The standard InChI is InChI=1S/C23H29F3N4O3/c1-16-6-8-22(9-7-16)20(32)30(21(33)27-22)15-19(31)29-12-10-28(11-13-29)14-17-2-4-18(5-3-17)23(24,25)26/h2-5,16H,6-15H2,1H3,(H,27,33). The van der Waals surface area contributed by atoms with Crippen molar-refractivity contribution >= 4 is 17.8 Å². The Morgan fingerprint density at radius 2 is 1.67 bits per heavy atom. The number of amides is 4. The minimum absolute atomic E-state index is 0.263. The van der Waals surface area contributed by atoms with Crippen LogP contribution in [0.15, 0.2) is 24.3 Å². The van der Waals surface area contributed by atoms with Gasteiger partial charge in [-0.1, -0.05) is 19.1 Å². The Hall–Kier alpha value is -2.62. The number of alkyl halides is 3. The number of carbonyl (C=O) groups excluding carboxylic acids is 3. The topological polar surface area (TPSA) is 73.0 Å². The fourth-order valence-electron chi connectivity index (χ4n) is 4.86. The molecule has 7 nitrogen and oxygen atoms in total. The molecule has 1 aromatic carbocycles. The number of hydrogen-bond donors (Lipinski definition) is 1. The molecule has 10 heteroatoms. The Morgan fingerprint density at radius 3 is 2.24 bits per heavy atom. The predicted molar refractivity (Wildman–Crippen MR) is 114 cm³/mol. The number of nitrogens with zero attached hydrogens (tertiary/aromatic N) is 3. The fourth-order valence-corrected chi connectivity index (χ4v) is 4.86. The lowest BCUT2D eigenvalue weighted by Gasteiger charge is -2.35. The fraction of sp³-hybridized carbons (Fsp3) is 0.609. The van der Waals surface area contributed by atoms with E-state index in [2.05, 4.69) is 17.1 Å². The Balaban J connectivity index is 1.27. The van der Waals surface area contributed by atoms with E-state index in [-0.39, 0.29) is 18.4 Å². The minimum atomic E-state index is -4.35. The van der Waals surface area contributed by atoms with Crippen molar-refractivity contribution in [1.29, 1.82) is 0 Å². The number of imide groups is 1. The highest BCUT2D eigenvalue weighted by molar-refractivity contribution is 6.09. The van der Waals surface area contributed by atoms with E-state index >= 15 is 0 Å². The summed E-state index contributed by atoms with van der Waals surface area (Å²) in [6.45, 7) is 4.36. The van der Waals surface area contributed by atoms with E-state index in [1.54, 1.807) is 4.90 Å². The second-order valence-electron chi connectivity index (χ2n) is 9.44. The molecular formula is C23H29F3N4O3. The number of hydrogen-bond acceptors (Lipinski definition) is 4. The number of benzene rings is 1. The van der Waals surface area contributed by atoms with Gasteiger partial charge in [-0.2, -0.15) is 13.2 Å². The molecule has 0 unspecified atom stereocenters. The second kappa shape index (κ2) is 8.96. The minimum Gasteiger partial charge on any atom is -0.339 e. The lowest BCUT2D eigenvalue weighted by atomic mass is 9.77. The zero-order valence-corrected chi connectivity index (χ0v) is 18.7. The van der Waals surface area contributed by atoms with Crippen molar-refractivity contribution < 1.29 is 27.6 Å². The molecule has 1 saturated carbocycles. The summed E-state index contributed by atoms with van der Waals surface area (Å²) in [4.78, 5) is 42.9. The van der Waals surface area contributed by atoms with Gasteiger partial charge in [0, 0.05) is 32.7 Å². The first kappa shape index (κ1) is 23.5. The Kier molecular flexibility index (Phi) is 6.39. The van der Waals surface area contributed by atoms with Gasteiger partial charge in [0.05, 0.1) is 5.56 Å². The van der Waals surface area contributed by atoms with Gasteiger partial charge in [-0.3, -0.25) is 19.4 Å². The molecule has 1 N–H and O–H groups in total. The molecule has 0 bridgehead atoms. The average Bonchev–Trinajstić information content (AvgIpc) is 3.00. The maximum absolute atomic E-state index is 13.0. The van der Waals surface area contributed by atoms with E-state index in [1.165, 1.54) is 12.1 Å². The summed E-state index contributed by atoms with van der Waals surface area (Å²) in [5.41, 5.74) is -0.759. The Bertz CT molecular complexity index is 903. The van der Waals surface area contributed by atoms with E-state index in [0.717, 1.165) is 35.4 Å². The molecular weight excluding hydrogens is 437 g/mol. The van der Waals surface area contributed by atoms with Crippen LogP contribution in [-0.4, -0.2) is 70.8 Å². The Labute approximate surface area is 190 Å². The lowest BCUT2D eigenvalue weighted by Crippen LogP contribution is -2.52. The first-order chi connectivity index (χ1) is 15.6. The van der Waals surface area contributed by atoms with Gasteiger partial charge in [0.1, 0.15) is 12.1 Å². The number of carbonyl (C=O) groups is 3. The van der Waals surface area contributed by atoms with Gasteiger partial charge in [-0.25, -0.2) is 4.79 Å². The molecule has 2 saturated heterocycles.